The van der Waals surface area contributed by atoms with Gasteiger partial charge in [-0.2, -0.15) is 5.10 Å². The Bertz CT molecular complexity index is 584. The number of aliphatic imine (C=N–C) groups is 1. The van der Waals surface area contributed by atoms with Gasteiger partial charge in [-0.05, 0) is 38.5 Å². The normalized spacial score (nSPS) is 11.1. The summed E-state index contributed by atoms with van der Waals surface area (Å²) in [6, 6.07) is 8.01. The molecule has 0 fully saturated rings. The lowest BCUT2D eigenvalue weighted by atomic mass is 10.2. The van der Waals surface area contributed by atoms with Crippen LogP contribution in [0.4, 0.5) is 5.69 Å². The minimum absolute atomic E-state index is 0. The fourth-order valence-corrected chi connectivity index (χ4v) is 1.88. The standard InChI is InChI=1S/C14H19N5.HI/c1-9-5-4-6-12(7-9)17-14(15)16-8-13-10(2)18-19-11(13)3;/h4-7H,8H2,1-3H3,(H,18,19)(H3,15,16,17);1H. The number of aromatic nitrogens is 2. The highest BCUT2D eigenvalue weighted by atomic mass is 127. The van der Waals surface area contributed by atoms with E-state index in [-0.39, 0.29) is 24.0 Å². The number of hydrogen-bond acceptors (Lipinski definition) is 2. The van der Waals surface area contributed by atoms with Gasteiger partial charge in [0.25, 0.3) is 0 Å². The number of aromatic amines is 1. The molecule has 1 heterocycles. The largest absolute Gasteiger partial charge is 0.370 e. The van der Waals surface area contributed by atoms with Crippen molar-refractivity contribution in [2.45, 2.75) is 27.3 Å². The molecule has 2 rings (SSSR count). The van der Waals surface area contributed by atoms with Gasteiger partial charge in [-0.1, -0.05) is 12.1 Å². The molecule has 2 aromatic rings. The van der Waals surface area contributed by atoms with Gasteiger partial charge < -0.3 is 11.1 Å². The zero-order valence-corrected chi connectivity index (χ0v) is 14.2. The van der Waals surface area contributed by atoms with E-state index in [1.165, 1.54) is 5.56 Å². The van der Waals surface area contributed by atoms with Crippen molar-refractivity contribution in [3.8, 4) is 0 Å². The van der Waals surface area contributed by atoms with Crippen molar-refractivity contribution in [2.24, 2.45) is 10.7 Å². The topological polar surface area (TPSA) is 79.1 Å². The summed E-state index contributed by atoms with van der Waals surface area (Å²) in [7, 11) is 0. The number of guanidine groups is 1. The monoisotopic (exact) mass is 385 g/mol. The lowest BCUT2D eigenvalue weighted by Crippen LogP contribution is -2.22. The van der Waals surface area contributed by atoms with E-state index in [9.17, 15) is 0 Å². The molecule has 0 unspecified atom stereocenters. The summed E-state index contributed by atoms with van der Waals surface area (Å²) in [5.74, 6) is 0.408. The summed E-state index contributed by atoms with van der Waals surface area (Å²) in [5, 5.41) is 10.2. The van der Waals surface area contributed by atoms with Crippen LogP contribution < -0.4 is 11.1 Å². The van der Waals surface area contributed by atoms with E-state index in [0.29, 0.717) is 12.5 Å². The van der Waals surface area contributed by atoms with Crippen LogP contribution >= 0.6 is 24.0 Å². The second-order valence-corrected chi connectivity index (χ2v) is 4.61. The third-order valence-corrected chi connectivity index (χ3v) is 2.98. The number of aryl methyl sites for hydroxylation is 3. The van der Waals surface area contributed by atoms with Gasteiger partial charge in [0.05, 0.1) is 12.2 Å². The molecule has 0 aliphatic heterocycles. The Morgan fingerprint density at radius 1 is 1.35 bits per heavy atom. The van der Waals surface area contributed by atoms with Gasteiger partial charge in [0, 0.05) is 16.9 Å². The molecule has 0 aliphatic rings. The van der Waals surface area contributed by atoms with Crippen LogP contribution in [0, 0.1) is 20.8 Å². The Labute approximate surface area is 136 Å². The molecule has 0 amide bonds. The summed E-state index contributed by atoms with van der Waals surface area (Å²) in [6.07, 6.45) is 0. The fourth-order valence-electron chi connectivity index (χ4n) is 1.88. The first-order chi connectivity index (χ1) is 9.06. The fraction of sp³-hybridized carbons (Fsp3) is 0.286. The molecule has 4 N–H and O–H groups in total. The Kier molecular flexibility index (Phi) is 6.00. The van der Waals surface area contributed by atoms with E-state index in [2.05, 4.69) is 20.5 Å². The van der Waals surface area contributed by atoms with Crippen molar-refractivity contribution in [3.05, 3.63) is 46.8 Å². The van der Waals surface area contributed by atoms with E-state index in [1.807, 2.05) is 45.0 Å². The molecule has 1 aromatic heterocycles. The number of anilines is 1. The number of H-pyrrole nitrogens is 1. The van der Waals surface area contributed by atoms with Gasteiger partial charge in [0.2, 0.25) is 0 Å². The van der Waals surface area contributed by atoms with Crippen molar-refractivity contribution in [1.29, 1.82) is 0 Å². The molecular formula is C14H20IN5. The van der Waals surface area contributed by atoms with Crippen LogP contribution in [0.5, 0.6) is 0 Å². The number of halogens is 1. The first kappa shape index (κ1) is 16.5. The number of nitrogens with zero attached hydrogens (tertiary/aromatic N) is 2. The highest BCUT2D eigenvalue weighted by Gasteiger charge is 2.05. The van der Waals surface area contributed by atoms with Gasteiger partial charge >= 0.3 is 0 Å². The van der Waals surface area contributed by atoms with Crippen molar-refractivity contribution in [1.82, 2.24) is 10.2 Å². The quantitative estimate of drug-likeness (QED) is 0.432. The molecule has 0 atom stereocenters. The molecule has 0 saturated carbocycles. The molecule has 0 aliphatic carbocycles. The van der Waals surface area contributed by atoms with Crippen LogP contribution in [-0.4, -0.2) is 16.2 Å². The molecule has 20 heavy (non-hydrogen) atoms. The Balaban J connectivity index is 0.00000200. The van der Waals surface area contributed by atoms with Crippen molar-refractivity contribution in [2.75, 3.05) is 5.32 Å². The molecule has 108 valence electrons. The molecule has 0 spiro atoms. The predicted molar refractivity (Wildman–Crippen MR) is 93.6 cm³/mol. The molecule has 0 radical (unpaired) electrons. The molecule has 6 heteroatoms. The van der Waals surface area contributed by atoms with E-state index in [0.717, 1.165) is 22.6 Å². The maximum absolute atomic E-state index is 5.88. The second kappa shape index (κ2) is 7.28. The summed E-state index contributed by atoms with van der Waals surface area (Å²) in [5.41, 5.74) is 11.1. The van der Waals surface area contributed by atoms with Crippen molar-refractivity contribution in [3.63, 3.8) is 0 Å². The summed E-state index contributed by atoms with van der Waals surface area (Å²) >= 11 is 0. The Hall–Kier alpha value is -1.57. The van der Waals surface area contributed by atoms with Gasteiger partial charge in [0.15, 0.2) is 5.96 Å². The van der Waals surface area contributed by atoms with Crippen LogP contribution in [0.25, 0.3) is 0 Å². The number of hydrogen-bond donors (Lipinski definition) is 3. The third kappa shape index (κ3) is 4.22. The number of benzene rings is 1. The van der Waals surface area contributed by atoms with Crippen LogP contribution in [-0.2, 0) is 6.54 Å². The van der Waals surface area contributed by atoms with Crippen LogP contribution in [0.2, 0.25) is 0 Å². The van der Waals surface area contributed by atoms with E-state index < -0.39 is 0 Å². The lowest BCUT2D eigenvalue weighted by molar-refractivity contribution is 1.02. The molecule has 0 saturated heterocycles. The molecular weight excluding hydrogens is 365 g/mol. The number of nitrogens with two attached hydrogens (primary N) is 1. The highest BCUT2D eigenvalue weighted by molar-refractivity contribution is 14.0. The van der Waals surface area contributed by atoms with Gasteiger partial charge in [-0.25, -0.2) is 4.99 Å². The second-order valence-electron chi connectivity index (χ2n) is 4.61. The van der Waals surface area contributed by atoms with Crippen molar-refractivity contribution < 1.29 is 0 Å². The summed E-state index contributed by atoms with van der Waals surface area (Å²) in [6.45, 7) is 6.50. The first-order valence-electron chi connectivity index (χ1n) is 6.20. The number of nitrogens with one attached hydrogen (secondary N) is 2. The number of rotatable bonds is 3. The Morgan fingerprint density at radius 3 is 2.70 bits per heavy atom. The maximum atomic E-state index is 5.88. The minimum Gasteiger partial charge on any atom is -0.370 e. The highest BCUT2D eigenvalue weighted by Crippen LogP contribution is 2.11. The van der Waals surface area contributed by atoms with E-state index in [4.69, 9.17) is 5.73 Å². The smallest absolute Gasteiger partial charge is 0.193 e. The molecule has 0 bridgehead atoms. The minimum atomic E-state index is 0. The summed E-state index contributed by atoms with van der Waals surface area (Å²) in [4.78, 5) is 4.34. The zero-order valence-electron chi connectivity index (χ0n) is 11.9. The zero-order chi connectivity index (χ0) is 13.8. The van der Waals surface area contributed by atoms with Crippen molar-refractivity contribution >= 4 is 35.6 Å². The van der Waals surface area contributed by atoms with Crippen LogP contribution in [0.15, 0.2) is 29.3 Å². The molecule has 5 nitrogen and oxygen atoms in total. The third-order valence-electron chi connectivity index (χ3n) is 2.98. The van der Waals surface area contributed by atoms with Crippen LogP contribution in [0.3, 0.4) is 0 Å². The van der Waals surface area contributed by atoms with Gasteiger partial charge in [-0.3, -0.25) is 5.10 Å². The predicted octanol–water partition coefficient (Wildman–Crippen LogP) is 2.88. The van der Waals surface area contributed by atoms with Crippen LogP contribution in [0.1, 0.15) is 22.5 Å². The average Bonchev–Trinajstić information content (AvgIpc) is 2.67. The lowest BCUT2D eigenvalue weighted by Gasteiger charge is -2.06. The Morgan fingerprint density at radius 2 is 2.10 bits per heavy atom. The summed E-state index contributed by atoms with van der Waals surface area (Å²) < 4.78 is 0. The van der Waals surface area contributed by atoms with E-state index in [1.54, 1.807) is 0 Å². The first-order valence-corrected chi connectivity index (χ1v) is 6.20. The van der Waals surface area contributed by atoms with Gasteiger partial charge in [0.1, 0.15) is 0 Å². The average molecular weight is 385 g/mol. The SMILES string of the molecule is Cc1cccc(NC(N)=NCc2c(C)n[nH]c2C)c1.I. The van der Waals surface area contributed by atoms with E-state index >= 15 is 0 Å². The molecule has 1 aromatic carbocycles. The maximum Gasteiger partial charge on any atom is 0.193 e. The van der Waals surface area contributed by atoms with Gasteiger partial charge in [-0.15, -0.1) is 24.0 Å².